The van der Waals surface area contributed by atoms with Gasteiger partial charge in [-0.2, -0.15) is 0 Å². The second kappa shape index (κ2) is 7.71. The Balaban J connectivity index is 1.53. The lowest BCUT2D eigenvalue weighted by atomic mass is 10.1. The molecule has 174 valence electrons. The Kier molecular flexibility index (Phi) is 4.94. The van der Waals surface area contributed by atoms with E-state index in [0.29, 0.717) is 41.5 Å². The summed E-state index contributed by atoms with van der Waals surface area (Å²) in [6.07, 6.45) is -0.0412. The zero-order chi connectivity index (χ0) is 23.4. The molecule has 2 fully saturated rings. The highest BCUT2D eigenvalue weighted by molar-refractivity contribution is 6.13. The Morgan fingerprint density at radius 1 is 1.27 bits per heavy atom. The average molecular weight is 460 g/mol. The standard InChI is InChI=1S/C21H22F2N6O4/c1-26-20(31)16(17(22)23)29(21(26)32)15-10-27-7-8-33-14-9-11(4-5-12(14)19(27)25-15)28-6-2-3-13(28)18(24)30/h4-5,9-10,13,16-17H,2-3,6-8H2,1H3,(H2,24,30)/t13-,16?/m0/s1. The third kappa shape index (κ3) is 3.28. The van der Waals surface area contributed by atoms with Gasteiger partial charge in [0.25, 0.3) is 12.3 Å². The number of urea groups is 1. The fourth-order valence-electron chi connectivity index (χ4n) is 4.67. The van der Waals surface area contributed by atoms with Crippen LogP contribution in [0.4, 0.5) is 25.1 Å². The van der Waals surface area contributed by atoms with E-state index in [1.807, 2.05) is 11.0 Å². The van der Waals surface area contributed by atoms with Gasteiger partial charge in [-0.05, 0) is 25.0 Å². The summed E-state index contributed by atoms with van der Waals surface area (Å²) in [5.74, 6) is -0.430. The number of likely N-dealkylation sites (N-methyl/N-ethyl adjacent to an activating group) is 1. The Morgan fingerprint density at radius 3 is 2.79 bits per heavy atom. The van der Waals surface area contributed by atoms with E-state index in [1.54, 1.807) is 16.7 Å². The van der Waals surface area contributed by atoms with Gasteiger partial charge in [0.05, 0.1) is 12.1 Å². The minimum atomic E-state index is -3.05. The van der Waals surface area contributed by atoms with Gasteiger partial charge in [-0.1, -0.05) is 0 Å². The molecule has 1 unspecified atom stereocenters. The van der Waals surface area contributed by atoms with Gasteiger partial charge in [-0.25, -0.2) is 18.6 Å². The zero-order valence-electron chi connectivity index (χ0n) is 17.8. The van der Waals surface area contributed by atoms with Crippen molar-refractivity contribution in [2.45, 2.75) is 37.9 Å². The molecule has 12 heteroatoms. The number of carbonyl (C=O) groups excluding carboxylic acids is 3. The number of imide groups is 1. The SMILES string of the molecule is CN1C(=O)C(C(F)F)N(c2cn3c(n2)-c2ccc(N4CCC[C@H]4C(N)=O)cc2OCC3)C1=O. The van der Waals surface area contributed by atoms with Gasteiger partial charge in [0.1, 0.15) is 24.2 Å². The van der Waals surface area contributed by atoms with Crippen LogP contribution in [0, 0.1) is 0 Å². The van der Waals surface area contributed by atoms with Crippen molar-refractivity contribution in [3.63, 3.8) is 0 Å². The summed E-state index contributed by atoms with van der Waals surface area (Å²) < 4.78 is 34.8. The number of alkyl halides is 2. The van der Waals surface area contributed by atoms with Crippen LogP contribution >= 0.6 is 0 Å². The van der Waals surface area contributed by atoms with E-state index < -0.39 is 24.4 Å². The number of ether oxygens (including phenoxy) is 1. The van der Waals surface area contributed by atoms with Crippen LogP contribution in [0.25, 0.3) is 11.4 Å². The number of nitrogens with two attached hydrogens (primary N) is 1. The van der Waals surface area contributed by atoms with Crippen LogP contribution in [0.5, 0.6) is 5.75 Å². The number of amides is 4. The lowest BCUT2D eigenvalue weighted by molar-refractivity contribution is -0.129. The largest absolute Gasteiger partial charge is 0.491 e. The lowest BCUT2D eigenvalue weighted by Crippen LogP contribution is -2.40. The summed E-state index contributed by atoms with van der Waals surface area (Å²) >= 11 is 0. The van der Waals surface area contributed by atoms with Crippen LogP contribution in [0.15, 0.2) is 24.4 Å². The van der Waals surface area contributed by atoms with E-state index in [4.69, 9.17) is 10.5 Å². The second-order valence-electron chi connectivity index (χ2n) is 8.23. The van der Waals surface area contributed by atoms with E-state index in [9.17, 15) is 23.2 Å². The van der Waals surface area contributed by atoms with Crippen molar-refractivity contribution in [3.05, 3.63) is 24.4 Å². The molecular weight excluding hydrogens is 438 g/mol. The first-order valence-electron chi connectivity index (χ1n) is 10.6. The van der Waals surface area contributed by atoms with Gasteiger partial charge in [0.15, 0.2) is 11.9 Å². The summed E-state index contributed by atoms with van der Waals surface area (Å²) in [5, 5.41) is 0. The number of halogens is 2. The van der Waals surface area contributed by atoms with Crippen LogP contribution in [0.1, 0.15) is 12.8 Å². The molecule has 4 heterocycles. The molecule has 0 aliphatic carbocycles. The predicted octanol–water partition coefficient (Wildman–Crippen LogP) is 1.43. The minimum absolute atomic E-state index is 0.0248. The highest BCUT2D eigenvalue weighted by Gasteiger charge is 2.50. The number of hydrogen-bond acceptors (Lipinski definition) is 6. The summed E-state index contributed by atoms with van der Waals surface area (Å²) in [4.78, 5) is 44.3. The monoisotopic (exact) mass is 460 g/mol. The molecule has 5 rings (SSSR count). The Morgan fingerprint density at radius 2 is 2.06 bits per heavy atom. The Bertz CT molecular complexity index is 1150. The minimum Gasteiger partial charge on any atom is -0.491 e. The van der Waals surface area contributed by atoms with Crippen LogP contribution in [0.3, 0.4) is 0 Å². The highest BCUT2D eigenvalue weighted by atomic mass is 19.3. The van der Waals surface area contributed by atoms with Crippen LogP contribution < -0.4 is 20.3 Å². The molecule has 2 atom stereocenters. The van der Waals surface area contributed by atoms with Gasteiger partial charge < -0.3 is 19.9 Å². The Hall–Kier alpha value is -3.70. The van der Waals surface area contributed by atoms with Crippen molar-refractivity contribution in [2.75, 3.05) is 30.0 Å². The number of hydrogen-bond donors (Lipinski definition) is 1. The third-order valence-electron chi connectivity index (χ3n) is 6.31. The number of nitrogens with zero attached hydrogens (tertiary/aromatic N) is 5. The first kappa shape index (κ1) is 21.2. The Labute approximate surface area is 187 Å². The molecular formula is C21H22F2N6O4. The van der Waals surface area contributed by atoms with Crippen molar-refractivity contribution in [1.29, 1.82) is 0 Å². The fraction of sp³-hybridized carbons (Fsp3) is 0.429. The number of fused-ring (bicyclic) bond motifs is 3. The molecule has 2 aromatic rings. The molecule has 4 amide bonds. The molecule has 10 nitrogen and oxygen atoms in total. The molecule has 1 aromatic carbocycles. The summed E-state index contributed by atoms with van der Waals surface area (Å²) in [6.45, 7) is 1.34. The number of primary amides is 1. The van der Waals surface area contributed by atoms with E-state index in [2.05, 4.69) is 4.98 Å². The highest BCUT2D eigenvalue weighted by Crippen LogP contribution is 2.39. The first-order valence-corrected chi connectivity index (χ1v) is 10.6. The van der Waals surface area contributed by atoms with Crippen molar-refractivity contribution < 1.29 is 27.9 Å². The van der Waals surface area contributed by atoms with E-state index in [-0.39, 0.29) is 24.4 Å². The maximum atomic E-state index is 13.6. The number of rotatable bonds is 4. The van der Waals surface area contributed by atoms with Gasteiger partial charge in [-0.15, -0.1) is 0 Å². The maximum absolute atomic E-state index is 13.6. The summed E-state index contributed by atoms with van der Waals surface area (Å²) in [5.41, 5.74) is 6.93. The normalized spacial score (nSPS) is 22.5. The maximum Gasteiger partial charge on any atom is 0.333 e. The summed E-state index contributed by atoms with van der Waals surface area (Å²) in [7, 11) is 1.17. The third-order valence-corrected chi connectivity index (χ3v) is 6.31. The smallest absolute Gasteiger partial charge is 0.333 e. The topological polar surface area (TPSA) is 114 Å². The van der Waals surface area contributed by atoms with Crippen LogP contribution in [-0.4, -0.2) is 71.0 Å². The molecule has 0 radical (unpaired) electrons. The molecule has 0 spiro atoms. The number of carbonyl (C=O) groups is 3. The molecule has 3 aliphatic heterocycles. The fourth-order valence-corrected chi connectivity index (χ4v) is 4.67. The quantitative estimate of drug-likeness (QED) is 0.691. The molecule has 33 heavy (non-hydrogen) atoms. The lowest BCUT2D eigenvalue weighted by Gasteiger charge is -2.25. The molecule has 2 saturated heterocycles. The van der Waals surface area contributed by atoms with Crippen molar-refractivity contribution in [2.24, 2.45) is 5.73 Å². The average Bonchev–Trinajstić information content (AvgIpc) is 3.45. The number of aromatic nitrogens is 2. The van der Waals surface area contributed by atoms with Gasteiger partial charge in [0.2, 0.25) is 5.91 Å². The van der Waals surface area contributed by atoms with E-state index >= 15 is 0 Å². The molecule has 0 bridgehead atoms. The first-order chi connectivity index (χ1) is 15.8. The number of imidazole rings is 1. The number of benzene rings is 1. The molecule has 1 aromatic heterocycles. The summed E-state index contributed by atoms with van der Waals surface area (Å²) in [6, 6.07) is 2.26. The van der Waals surface area contributed by atoms with E-state index in [1.165, 1.54) is 13.2 Å². The van der Waals surface area contributed by atoms with Crippen molar-refractivity contribution in [3.8, 4) is 17.1 Å². The van der Waals surface area contributed by atoms with Crippen molar-refractivity contribution >= 4 is 29.4 Å². The van der Waals surface area contributed by atoms with E-state index in [0.717, 1.165) is 17.0 Å². The van der Waals surface area contributed by atoms with Gasteiger partial charge in [-0.3, -0.25) is 19.4 Å². The van der Waals surface area contributed by atoms with Crippen LogP contribution in [0.2, 0.25) is 0 Å². The van der Waals surface area contributed by atoms with Gasteiger partial charge >= 0.3 is 6.03 Å². The van der Waals surface area contributed by atoms with Crippen LogP contribution in [-0.2, 0) is 16.1 Å². The second-order valence-corrected chi connectivity index (χ2v) is 8.23. The molecule has 0 saturated carbocycles. The zero-order valence-corrected chi connectivity index (χ0v) is 17.8. The molecule has 2 N–H and O–H groups in total. The predicted molar refractivity (Wildman–Crippen MR) is 113 cm³/mol. The molecule has 3 aliphatic rings. The van der Waals surface area contributed by atoms with Gasteiger partial charge in [0, 0.05) is 31.5 Å². The van der Waals surface area contributed by atoms with Crippen molar-refractivity contribution in [1.82, 2.24) is 14.5 Å². The number of anilines is 2.